The van der Waals surface area contributed by atoms with Crippen LogP contribution in [0.2, 0.25) is 0 Å². The summed E-state index contributed by atoms with van der Waals surface area (Å²) < 4.78 is 0. The molecular weight excluding hydrogens is 292 g/mol. The predicted octanol–water partition coefficient (Wildman–Crippen LogP) is 4.74. The fourth-order valence-electron chi connectivity index (χ4n) is 2.75. The molecule has 0 bridgehead atoms. The Morgan fingerprint density at radius 3 is 1.95 bits per heavy atom. The van der Waals surface area contributed by atoms with Crippen molar-refractivity contribution < 1.29 is 0 Å². The molecule has 0 radical (unpaired) electrons. The molecule has 0 aromatic carbocycles. The van der Waals surface area contributed by atoms with Crippen molar-refractivity contribution in [1.29, 1.82) is 0 Å². The van der Waals surface area contributed by atoms with E-state index in [1.54, 1.807) is 0 Å². The SMILES string of the molecule is CCCCCCCC(CCCCCCC)SCC1=NNNN1. The van der Waals surface area contributed by atoms with Crippen LogP contribution in [0.15, 0.2) is 5.10 Å². The molecule has 130 valence electrons. The standard InChI is InChI=1S/C17H36N4S/c1-3-5-7-9-11-13-16(14-12-10-8-6-4-2)22-15-17-18-20-21-19-17/h16,20-21H,3-15H2,1-2H3,(H,18,19). The van der Waals surface area contributed by atoms with Crippen LogP contribution in [0.4, 0.5) is 0 Å². The predicted molar refractivity (Wildman–Crippen MR) is 99.8 cm³/mol. The molecule has 0 spiro atoms. The second kappa shape index (κ2) is 14.2. The first kappa shape index (κ1) is 19.6. The lowest BCUT2D eigenvalue weighted by Gasteiger charge is -2.16. The van der Waals surface area contributed by atoms with Crippen LogP contribution >= 0.6 is 11.8 Å². The molecular formula is C17H36N4S. The highest BCUT2D eigenvalue weighted by molar-refractivity contribution is 8.00. The smallest absolute Gasteiger partial charge is 0.149 e. The van der Waals surface area contributed by atoms with Gasteiger partial charge in [0.1, 0.15) is 5.84 Å². The molecule has 3 N–H and O–H groups in total. The van der Waals surface area contributed by atoms with Gasteiger partial charge in [0.2, 0.25) is 0 Å². The van der Waals surface area contributed by atoms with E-state index in [1.165, 1.54) is 77.0 Å². The van der Waals surface area contributed by atoms with Crippen LogP contribution < -0.4 is 16.5 Å². The number of hydrazine groups is 2. The maximum atomic E-state index is 4.17. The molecule has 0 aromatic rings. The zero-order chi connectivity index (χ0) is 15.9. The Labute approximate surface area is 141 Å². The van der Waals surface area contributed by atoms with Gasteiger partial charge < -0.3 is 0 Å². The van der Waals surface area contributed by atoms with Crippen LogP contribution in [0.25, 0.3) is 0 Å². The van der Waals surface area contributed by atoms with E-state index in [0.717, 1.165) is 16.8 Å². The van der Waals surface area contributed by atoms with E-state index in [9.17, 15) is 0 Å². The van der Waals surface area contributed by atoms with E-state index in [4.69, 9.17) is 0 Å². The van der Waals surface area contributed by atoms with Gasteiger partial charge in [-0.1, -0.05) is 78.1 Å². The van der Waals surface area contributed by atoms with E-state index in [2.05, 4.69) is 47.2 Å². The Bertz CT molecular complexity index is 270. The van der Waals surface area contributed by atoms with Gasteiger partial charge in [0.15, 0.2) is 0 Å². The molecule has 5 heteroatoms. The number of nitrogens with zero attached hydrogens (tertiary/aromatic N) is 1. The molecule has 0 atom stereocenters. The van der Waals surface area contributed by atoms with Gasteiger partial charge in [0, 0.05) is 5.25 Å². The molecule has 0 aliphatic carbocycles. The maximum Gasteiger partial charge on any atom is 0.149 e. The second-order valence-corrected chi connectivity index (χ2v) is 7.55. The molecule has 1 heterocycles. The first-order valence-electron chi connectivity index (χ1n) is 9.31. The van der Waals surface area contributed by atoms with Crippen molar-refractivity contribution in [3.8, 4) is 0 Å². The molecule has 4 nitrogen and oxygen atoms in total. The molecule has 0 amide bonds. The summed E-state index contributed by atoms with van der Waals surface area (Å²) in [6, 6.07) is 0. The lowest BCUT2D eigenvalue weighted by atomic mass is 10.0. The maximum absolute atomic E-state index is 4.17. The number of hydrogen-bond donors (Lipinski definition) is 3. The van der Waals surface area contributed by atoms with Crippen LogP contribution in [0.1, 0.15) is 90.9 Å². The summed E-state index contributed by atoms with van der Waals surface area (Å²) in [5.74, 6) is 2.00. The van der Waals surface area contributed by atoms with Crippen LogP contribution in [-0.4, -0.2) is 16.8 Å². The van der Waals surface area contributed by atoms with E-state index in [1.807, 2.05) is 0 Å². The van der Waals surface area contributed by atoms with Crippen molar-refractivity contribution in [1.82, 2.24) is 16.5 Å². The molecule has 0 unspecified atom stereocenters. The third-order valence-electron chi connectivity index (χ3n) is 4.17. The molecule has 1 aliphatic rings. The number of unbranched alkanes of at least 4 members (excludes halogenated alkanes) is 8. The highest BCUT2D eigenvalue weighted by Crippen LogP contribution is 2.24. The van der Waals surface area contributed by atoms with Crippen LogP contribution in [0, 0.1) is 0 Å². The lowest BCUT2D eigenvalue weighted by molar-refractivity contribution is 0.551. The van der Waals surface area contributed by atoms with Gasteiger partial charge in [0.25, 0.3) is 0 Å². The van der Waals surface area contributed by atoms with Gasteiger partial charge in [-0.3, -0.25) is 5.43 Å². The van der Waals surface area contributed by atoms with Crippen molar-refractivity contribution >= 4 is 17.6 Å². The number of nitrogens with one attached hydrogen (secondary N) is 3. The van der Waals surface area contributed by atoms with Crippen molar-refractivity contribution in [2.45, 2.75) is 96.1 Å². The fourth-order valence-corrected chi connectivity index (χ4v) is 3.95. The lowest BCUT2D eigenvalue weighted by Crippen LogP contribution is -2.36. The van der Waals surface area contributed by atoms with Crippen molar-refractivity contribution in [3.05, 3.63) is 0 Å². The third kappa shape index (κ3) is 10.3. The number of amidine groups is 1. The minimum Gasteiger partial charge on any atom is -0.288 e. The fraction of sp³-hybridized carbons (Fsp3) is 0.941. The molecule has 0 aromatic heterocycles. The normalized spacial score (nSPS) is 14.0. The van der Waals surface area contributed by atoms with Crippen LogP contribution in [-0.2, 0) is 0 Å². The Morgan fingerprint density at radius 1 is 0.864 bits per heavy atom. The summed E-state index contributed by atoms with van der Waals surface area (Å²) >= 11 is 2.07. The van der Waals surface area contributed by atoms with Crippen molar-refractivity contribution in [2.75, 3.05) is 5.75 Å². The summed E-state index contributed by atoms with van der Waals surface area (Å²) in [5.41, 5.74) is 8.60. The first-order valence-corrected chi connectivity index (χ1v) is 10.4. The summed E-state index contributed by atoms with van der Waals surface area (Å²) in [4.78, 5) is 0. The topological polar surface area (TPSA) is 48.5 Å². The van der Waals surface area contributed by atoms with E-state index >= 15 is 0 Å². The molecule has 0 saturated heterocycles. The average Bonchev–Trinajstić information content (AvgIpc) is 3.04. The van der Waals surface area contributed by atoms with Gasteiger partial charge in [-0.25, -0.2) is 5.53 Å². The molecule has 22 heavy (non-hydrogen) atoms. The average molecular weight is 329 g/mol. The Balaban J connectivity index is 2.16. The van der Waals surface area contributed by atoms with Crippen LogP contribution in [0.5, 0.6) is 0 Å². The first-order chi connectivity index (χ1) is 10.9. The summed E-state index contributed by atoms with van der Waals surface area (Å²) in [7, 11) is 0. The van der Waals surface area contributed by atoms with Gasteiger partial charge >= 0.3 is 0 Å². The second-order valence-electron chi connectivity index (χ2n) is 6.26. The molecule has 0 saturated carbocycles. The van der Waals surface area contributed by atoms with Crippen LogP contribution in [0.3, 0.4) is 0 Å². The number of hydrazone groups is 1. The van der Waals surface area contributed by atoms with Crippen molar-refractivity contribution in [2.24, 2.45) is 5.10 Å². The van der Waals surface area contributed by atoms with E-state index in [-0.39, 0.29) is 0 Å². The monoisotopic (exact) mass is 328 g/mol. The zero-order valence-corrected chi connectivity index (χ0v) is 15.4. The highest BCUT2D eigenvalue weighted by atomic mass is 32.2. The Kier molecular flexibility index (Phi) is 12.7. The molecule has 0 fully saturated rings. The van der Waals surface area contributed by atoms with Crippen molar-refractivity contribution in [3.63, 3.8) is 0 Å². The van der Waals surface area contributed by atoms with Gasteiger partial charge in [-0.05, 0) is 12.8 Å². The van der Waals surface area contributed by atoms with E-state index in [0.29, 0.717) is 0 Å². The highest BCUT2D eigenvalue weighted by Gasteiger charge is 2.12. The number of rotatable bonds is 15. The largest absolute Gasteiger partial charge is 0.288 e. The minimum absolute atomic E-state index is 0.799. The van der Waals surface area contributed by atoms with E-state index < -0.39 is 0 Å². The quantitative estimate of drug-likeness (QED) is 0.380. The molecule has 1 rings (SSSR count). The molecule has 1 aliphatic heterocycles. The Morgan fingerprint density at radius 2 is 1.45 bits per heavy atom. The summed E-state index contributed by atoms with van der Waals surface area (Å²) in [5, 5.41) is 4.97. The summed E-state index contributed by atoms with van der Waals surface area (Å²) in [6.07, 6.45) is 16.6. The Hall–Kier alpha value is -0.420. The minimum atomic E-state index is 0.799. The van der Waals surface area contributed by atoms with Gasteiger partial charge in [0.05, 0.1) is 5.75 Å². The third-order valence-corrected chi connectivity index (χ3v) is 5.55. The summed E-state index contributed by atoms with van der Waals surface area (Å²) in [6.45, 7) is 4.57. The van der Waals surface area contributed by atoms with Gasteiger partial charge in [-0.2, -0.15) is 11.8 Å². The van der Waals surface area contributed by atoms with Gasteiger partial charge in [-0.15, -0.1) is 10.6 Å². The zero-order valence-electron chi connectivity index (χ0n) is 14.6. The number of thioether (sulfide) groups is 1. The number of hydrogen-bond acceptors (Lipinski definition) is 5.